The molecule has 6 nitrogen and oxygen atoms in total. The first-order valence-electron chi connectivity index (χ1n) is 12.2. The van der Waals surface area contributed by atoms with Crippen molar-refractivity contribution in [2.24, 2.45) is 5.92 Å². The zero-order chi connectivity index (χ0) is 23.8. The van der Waals surface area contributed by atoms with Gasteiger partial charge in [-0.25, -0.2) is 0 Å². The van der Waals surface area contributed by atoms with Crippen molar-refractivity contribution in [1.29, 1.82) is 0 Å². The predicted molar refractivity (Wildman–Crippen MR) is 137 cm³/mol. The Morgan fingerprint density at radius 1 is 1.00 bits per heavy atom. The van der Waals surface area contributed by atoms with E-state index >= 15 is 0 Å². The van der Waals surface area contributed by atoms with Crippen molar-refractivity contribution in [3.8, 4) is 5.75 Å². The molecule has 4 rings (SSSR count). The minimum absolute atomic E-state index is 0.167. The largest absolute Gasteiger partial charge is 0.497 e. The summed E-state index contributed by atoms with van der Waals surface area (Å²) in [4.78, 5) is 28.7. The zero-order valence-electron chi connectivity index (χ0n) is 19.9. The molecule has 1 atom stereocenters. The normalized spacial score (nSPS) is 18.7. The SMILES string of the molecule is COc1ccc(C(=O)N[C@@H](C(=O)NCC2CCN(C3CCSCC3)CC2)c2ccccc2)cc1. The Labute approximate surface area is 206 Å². The molecule has 0 bridgehead atoms. The van der Waals surface area contributed by atoms with Crippen LogP contribution in [0, 0.1) is 5.92 Å². The maximum Gasteiger partial charge on any atom is 0.252 e. The zero-order valence-corrected chi connectivity index (χ0v) is 20.7. The van der Waals surface area contributed by atoms with Crippen molar-refractivity contribution in [2.75, 3.05) is 38.2 Å². The number of carbonyl (C=O) groups excluding carboxylic acids is 2. The number of likely N-dealkylation sites (tertiary alicyclic amines) is 1. The lowest BCUT2D eigenvalue weighted by Gasteiger charge is -2.39. The number of rotatable bonds is 8. The second-order valence-electron chi connectivity index (χ2n) is 9.11. The van der Waals surface area contributed by atoms with E-state index in [1.807, 2.05) is 30.3 Å². The molecule has 2 aliphatic heterocycles. The van der Waals surface area contributed by atoms with Crippen LogP contribution in [0.5, 0.6) is 5.75 Å². The monoisotopic (exact) mass is 481 g/mol. The van der Waals surface area contributed by atoms with Crippen LogP contribution < -0.4 is 15.4 Å². The highest BCUT2D eigenvalue weighted by molar-refractivity contribution is 7.99. The Balaban J connectivity index is 1.33. The van der Waals surface area contributed by atoms with E-state index in [0.29, 0.717) is 23.8 Å². The average Bonchev–Trinajstić information content (AvgIpc) is 2.91. The highest BCUT2D eigenvalue weighted by atomic mass is 32.2. The van der Waals surface area contributed by atoms with Gasteiger partial charge in [-0.15, -0.1) is 0 Å². The molecule has 182 valence electrons. The fourth-order valence-electron chi connectivity index (χ4n) is 4.82. The van der Waals surface area contributed by atoms with Gasteiger partial charge in [-0.2, -0.15) is 11.8 Å². The summed E-state index contributed by atoms with van der Waals surface area (Å²) in [6.07, 6.45) is 4.83. The first-order chi connectivity index (χ1) is 16.6. The standard InChI is InChI=1S/C27H35N3O3S/c1-33-24-9-7-22(8-10-24)26(31)29-25(21-5-3-2-4-6-21)27(32)28-19-20-11-15-30(16-12-20)23-13-17-34-18-14-23/h2-10,20,23,25H,11-19H2,1H3,(H,28,32)(H,29,31)/t25-/m1/s1. The quantitative estimate of drug-likeness (QED) is 0.599. The molecule has 0 spiro atoms. The lowest BCUT2D eigenvalue weighted by molar-refractivity contribution is -0.123. The minimum Gasteiger partial charge on any atom is -0.497 e. The van der Waals surface area contributed by atoms with E-state index in [4.69, 9.17) is 4.74 Å². The van der Waals surface area contributed by atoms with Crippen LogP contribution in [-0.4, -0.2) is 61.0 Å². The van der Waals surface area contributed by atoms with Crippen LogP contribution >= 0.6 is 11.8 Å². The Morgan fingerprint density at radius 3 is 2.32 bits per heavy atom. The van der Waals surface area contributed by atoms with Gasteiger partial charge in [0.25, 0.3) is 5.91 Å². The summed E-state index contributed by atoms with van der Waals surface area (Å²) in [6, 6.07) is 16.3. The molecule has 2 N–H and O–H groups in total. The highest BCUT2D eigenvalue weighted by Gasteiger charge is 2.28. The van der Waals surface area contributed by atoms with E-state index in [1.165, 1.54) is 24.3 Å². The van der Waals surface area contributed by atoms with Crippen LogP contribution in [0.25, 0.3) is 0 Å². The topological polar surface area (TPSA) is 70.7 Å². The summed E-state index contributed by atoms with van der Waals surface area (Å²) in [6.45, 7) is 2.88. The number of carbonyl (C=O) groups is 2. The molecule has 2 aromatic carbocycles. The van der Waals surface area contributed by atoms with Gasteiger partial charge in [-0.3, -0.25) is 9.59 Å². The van der Waals surface area contributed by atoms with Crippen LogP contribution in [0.3, 0.4) is 0 Å². The third kappa shape index (κ3) is 6.54. The van der Waals surface area contributed by atoms with Crippen LogP contribution in [0.15, 0.2) is 54.6 Å². The van der Waals surface area contributed by atoms with Crippen molar-refractivity contribution in [2.45, 2.75) is 37.8 Å². The van der Waals surface area contributed by atoms with Crippen LogP contribution in [0.2, 0.25) is 0 Å². The fourth-order valence-corrected chi connectivity index (χ4v) is 5.90. The summed E-state index contributed by atoms with van der Waals surface area (Å²) in [7, 11) is 1.59. The molecule has 0 radical (unpaired) electrons. The van der Waals surface area contributed by atoms with E-state index in [-0.39, 0.29) is 11.8 Å². The van der Waals surface area contributed by atoms with E-state index in [1.54, 1.807) is 31.4 Å². The van der Waals surface area contributed by atoms with E-state index in [0.717, 1.165) is 37.5 Å². The summed E-state index contributed by atoms with van der Waals surface area (Å²) in [5.41, 5.74) is 1.26. The number of amides is 2. The molecule has 2 aliphatic rings. The summed E-state index contributed by atoms with van der Waals surface area (Å²) in [5, 5.41) is 6.05. The Morgan fingerprint density at radius 2 is 1.68 bits per heavy atom. The van der Waals surface area contributed by atoms with Crippen molar-refractivity contribution in [3.05, 3.63) is 65.7 Å². The molecule has 7 heteroatoms. The van der Waals surface area contributed by atoms with E-state index in [2.05, 4.69) is 27.3 Å². The van der Waals surface area contributed by atoms with Gasteiger partial charge in [-0.1, -0.05) is 30.3 Å². The molecule has 2 saturated heterocycles. The second-order valence-corrected chi connectivity index (χ2v) is 10.3. The van der Waals surface area contributed by atoms with Crippen molar-refractivity contribution in [1.82, 2.24) is 15.5 Å². The summed E-state index contributed by atoms with van der Waals surface area (Å²) < 4.78 is 5.17. The average molecular weight is 482 g/mol. The molecule has 0 saturated carbocycles. The number of ether oxygens (including phenoxy) is 1. The summed E-state index contributed by atoms with van der Waals surface area (Å²) in [5.74, 6) is 3.27. The molecule has 0 aromatic heterocycles. The number of thioether (sulfide) groups is 1. The fraction of sp³-hybridized carbons (Fsp3) is 0.481. The first kappa shape index (κ1) is 24.6. The van der Waals surface area contributed by atoms with E-state index in [9.17, 15) is 9.59 Å². The number of nitrogens with zero attached hydrogens (tertiary/aromatic N) is 1. The van der Waals surface area contributed by atoms with Gasteiger partial charge in [0, 0.05) is 18.2 Å². The number of piperidine rings is 1. The van der Waals surface area contributed by atoms with Gasteiger partial charge in [0.05, 0.1) is 7.11 Å². The number of benzene rings is 2. The number of hydrogen-bond donors (Lipinski definition) is 2. The lowest BCUT2D eigenvalue weighted by Crippen LogP contribution is -2.46. The molecule has 2 heterocycles. The second kappa shape index (κ2) is 12.3. The van der Waals surface area contributed by atoms with Crippen molar-refractivity contribution in [3.63, 3.8) is 0 Å². The maximum atomic E-state index is 13.2. The molecule has 0 aliphatic carbocycles. The van der Waals surface area contributed by atoms with Gasteiger partial charge in [0.1, 0.15) is 11.8 Å². The van der Waals surface area contributed by atoms with E-state index < -0.39 is 6.04 Å². The van der Waals surface area contributed by atoms with Gasteiger partial charge in [-0.05, 0) is 86.0 Å². The number of methoxy groups -OCH3 is 1. The molecule has 34 heavy (non-hydrogen) atoms. The number of hydrogen-bond acceptors (Lipinski definition) is 5. The molecule has 2 aromatic rings. The Hall–Kier alpha value is -2.51. The van der Waals surface area contributed by atoms with Crippen LogP contribution in [-0.2, 0) is 4.79 Å². The number of nitrogens with one attached hydrogen (secondary N) is 2. The Bertz CT molecular complexity index is 924. The molecular formula is C27H35N3O3S. The molecule has 2 amide bonds. The molecule has 2 fully saturated rings. The molecule has 0 unspecified atom stereocenters. The van der Waals surface area contributed by atoms with Crippen LogP contribution in [0.4, 0.5) is 0 Å². The van der Waals surface area contributed by atoms with Gasteiger partial charge in [0.15, 0.2) is 0 Å². The van der Waals surface area contributed by atoms with Crippen molar-refractivity contribution < 1.29 is 14.3 Å². The maximum absolute atomic E-state index is 13.2. The van der Waals surface area contributed by atoms with Crippen molar-refractivity contribution >= 4 is 23.6 Å². The van der Waals surface area contributed by atoms with Gasteiger partial charge < -0.3 is 20.3 Å². The molecular weight excluding hydrogens is 446 g/mol. The Kier molecular flexibility index (Phi) is 8.88. The summed E-state index contributed by atoms with van der Waals surface area (Å²) >= 11 is 2.07. The third-order valence-electron chi connectivity index (χ3n) is 6.94. The van der Waals surface area contributed by atoms with Gasteiger partial charge >= 0.3 is 0 Å². The predicted octanol–water partition coefficient (Wildman–Crippen LogP) is 3.89. The van der Waals surface area contributed by atoms with Gasteiger partial charge in [0.2, 0.25) is 5.91 Å². The van der Waals surface area contributed by atoms with Crippen LogP contribution in [0.1, 0.15) is 47.6 Å². The lowest BCUT2D eigenvalue weighted by atomic mass is 9.94. The first-order valence-corrected chi connectivity index (χ1v) is 13.4. The smallest absolute Gasteiger partial charge is 0.252 e. The minimum atomic E-state index is -0.740. The third-order valence-corrected chi connectivity index (χ3v) is 7.99. The highest BCUT2D eigenvalue weighted by Crippen LogP contribution is 2.26.